The molecule has 0 N–H and O–H groups in total. The van der Waals surface area contributed by atoms with Crippen LogP contribution in [-0.4, -0.2) is 6.29 Å². The smallest absolute Gasteiger partial charge is 0.146 e. The largest absolute Gasteiger partial charge is 0.298 e. The summed E-state index contributed by atoms with van der Waals surface area (Å²) < 4.78 is 0. The topological polar surface area (TPSA) is 17.1 Å². The quantitative estimate of drug-likeness (QED) is 0.605. The van der Waals surface area contributed by atoms with E-state index >= 15 is 0 Å². The summed E-state index contributed by atoms with van der Waals surface area (Å²) in [5.41, 5.74) is 3.77. The highest BCUT2D eigenvalue weighted by Crippen LogP contribution is 2.31. The number of hydrogen-bond acceptors (Lipinski definition) is 1. The van der Waals surface area contributed by atoms with Gasteiger partial charge >= 0.3 is 0 Å². The molecule has 0 heterocycles. The summed E-state index contributed by atoms with van der Waals surface area (Å²) >= 11 is 0. The van der Waals surface area contributed by atoms with Gasteiger partial charge in [0, 0.05) is 0 Å². The van der Waals surface area contributed by atoms with Gasteiger partial charge in [0.05, 0.1) is 0 Å². The van der Waals surface area contributed by atoms with Crippen LogP contribution in [-0.2, 0) is 4.79 Å². The molecule has 0 fully saturated rings. The van der Waals surface area contributed by atoms with Crippen LogP contribution in [0, 0.1) is 0 Å². The summed E-state index contributed by atoms with van der Waals surface area (Å²) in [6.07, 6.45) is 8.68. The Hall–Kier alpha value is -0.850. The van der Waals surface area contributed by atoms with Crippen molar-refractivity contribution < 1.29 is 4.79 Å². The summed E-state index contributed by atoms with van der Waals surface area (Å²) in [5.74, 6) is 0. The van der Waals surface area contributed by atoms with Gasteiger partial charge in [0.25, 0.3) is 0 Å². The molecule has 72 valence electrons. The maximum atomic E-state index is 10.8. The lowest BCUT2D eigenvalue weighted by Crippen LogP contribution is -2.04. The molecule has 0 bridgehead atoms. The van der Waals surface area contributed by atoms with Crippen LogP contribution in [0.2, 0.25) is 0 Å². The molecule has 0 aromatic rings. The number of carbonyl (C=O) groups excluding carboxylic acids is 1. The highest BCUT2D eigenvalue weighted by molar-refractivity contribution is 5.76. The second kappa shape index (κ2) is 5.00. The molecule has 0 saturated carbocycles. The van der Waals surface area contributed by atoms with Gasteiger partial charge in [0.2, 0.25) is 0 Å². The summed E-state index contributed by atoms with van der Waals surface area (Å²) in [7, 11) is 0. The van der Waals surface area contributed by atoms with E-state index in [9.17, 15) is 4.79 Å². The van der Waals surface area contributed by atoms with Gasteiger partial charge in [-0.1, -0.05) is 19.4 Å². The van der Waals surface area contributed by atoms with Crippen LogP contribution in [0.15, 0.2) is 22.8 Å². The van der Waals surface area contributed by atoms with Crippen molar-refractivity contribution in [3.05, 3.63) is 22.8 Å². The Morgan fingerprint density at radius 3 is 2.69 bits per heavy atom. The van der Waals surface area contributed by atoms with Crippen LogP contribution < -0.4 is 0 Å². The molecule has 0 aliphatic heterocycles. The first-order valence-corrected chi connectivity index (χ1v) is 5.16. The van der Waals surface area contributed by atoms with Crippen molar-refractivity contribution in [3.8, 4) is 0 Å². The average molecular weight is 178 g/mol. The number of rotatable bonds is 3. The Morgan fingerprint density at radius 2 is 2.15 bits per heavy atom. The van der Waals surface area contributed by atoms with E-state index in [2.05, 4.69) is 19.9 Å². The van der Waals surface area contributed by atoms with E-state index in [0.717, 1.165) is 44.0 Å². The highest BCUT2D eigenvalue weighted by atomic mass is 16.1. The fraction of sp³-hybridized carbons (Fsp3) is 0.583. The van der Waals surface area contributed by atoms with Gasteiger partial charge in [0.15, 0.2) is 0 Å². The zero-order valence-electron chi connectivity index (χ0n) is 8.60. The average Bonchev–Trinajstić information content (AvgIpc) is 2.18. The molecular formula is C12H18O. The van der Waals surface area contributed by atoms with Gasteiger partial charge in [0.1, 0.15) is 6.29 Å². The molecule has 0 amide bonds. The molecule has 1 aliphatic rings. The van der Waals surface area contributed by atoms with Crippen molar-refractivity contribution in [1.82, 2.24) is 0 Å². The second-order valence-electron chi connectivity index (χ2n) is 3.54. The lowest BCUT2D eigenvalue weighted by atomic mass is 9.85. The molecule has 1 aliphatic carbocycles. The van der Waals surface area contributed by atoms with Crippen LogP contribution in [0.3, 0.4) is 0 Å². The Bertz CT molecular complexity index is 246. The first-order chi connectivity index (χ1) is 6.33. The van der Waals surface area contributed by atoms with E-state index < -0.39 is 0 Å². The molecule has 0 radical (unpaired) electrons. The lowest BCUT2D eigenvalue weighted by Gasteiger charge is -2.19. The van der Waals surface area contributed by atoms with Crippen molar-refractivity contribution in [2.45, 2.75) is 46.0 Å². The summed E-state index contributed by atoms with van der Waals surface area (Å²) in [4.78, 5) is 10.8. The third kappa shape index (κ3) is 2.30. The second-order valence-corrected chi connectivity index (χ2v) is 3.54. The van der Waals surface area contributed by atoms with Gasteiger partial charge in [-0.15, -0.1) is 0 Å². The zero-order chi connectivity index (χ0) is 9.68. The van der Waals surface area contributed by atoms with Crippen molar-refractivity contribution in [2.24, 2.45) is 0 Å². The van der Waals surface area contributed by atoms with Crippen molar-refractivity contribution >= 4 is 6.29 Å². The molecule has 0 aromatic heterocycles. The Morgan fingerprint density at radius 1 is 1.38 bits per heavy atom. The van der Waals surface area contributed by atoms with Gasteiger partial charge in [-0.2, -0.15) is 0 Å². The minimum absolute atomic E-state index is 0.982. The van der Waals surface area contributed by atoms with Gasteiger partial charge in [-0.25, -0.2) is 0 Å². The number of hydrogen-bond donors (Lipinski definition) is 0. The predicted octanol–water partition coefficient (Wildman–Crippen LogP) is 3.41. The Labute approximate surface area is 80.5 Å². The van der Waals surface area contributed by atoms with Crippen molar-refractivity contribution in [1.29, 1.82) is 0 Å². The van der Waals surface area contributed by atoms with Gasteiger partial charge < -0.3 is 0 Å². The molecule has 0 saturated heterocycles. The van der Waals surface area contributed by atoms with Crippen LogP contribution in [0.25, 0.3) is 0 Å². The SMILES string of the molecule is C/C=C1\CCCC(C=O)=C1CCC. The standard InChI is InChI=1S/C12H18O/c1-3-6-12-10(4-2)7-5-8-11(12)9-13/h4,9H,3,5-8H2,1-2H3/b10-4+. The maximum Gasteiger partial charge on any atom is 0.146 e. The molecular weight excluding hydrogens is 160 g/mol. The molecule has 1 nitrogen and oxygen atoms in total. The van der Waals surface area contributed by atoms with Crippen LogP contribution in [0.4, 0.5) is 0 Å². The fourth-order valence-electron chi connectivity index (χ4n) is 2.00. The van der Waals surface area contributed by atoms with E-state index in [-0.39, 0.29) is 0 Å². The molecule has 1 heteroatoms. The third-order valence-electron chi connectivity index (χ3n) is 2.66. The Kier molecular flexibility index (Phi) is 3.94. The minimum atomic E-state index is 0.982. The summed E-state index contributed by atoms with van der Waals surface area (Å²) in [6.45, 7) is 4.23. The van der Waals surface area contributed by atoms with Crippen molar-refractivity contribution in [2.75, 3.05) is 0 Å². The number of allylic oxidation sites excluding steroid dienone is 4. The predicted molar refractivity (Wildman–Crippen MR) is 55.6 cm³/mol. The first-order valence-electron chi connectivity index (χ1n) is 5.16. The van der Waals surface area contributed by atoms with Gasteiger partial charge in [-0.3, -0.25) is 4.79 Å². The van der Waals surface area contributed by atoms with E-state index in [1.165, 1.54) is 11.1 Å². The molecule has 0 aromatic carbocycles. The van der Waals surface area contributed by atoms with Gasteiger partial charge in [-0.05, 0) is 49.3 Å². The van der Waals surface area contributed by atoms with E-state index in [1.807, 2.05) is 0 Å². The molecule has 0 spiro atoms. The normalized spacial score (nSPS) is 20.9. The number of aldehydes is 1. The van der Waals surface area contributed by atoms with E-state index in [1.54, 1.807) is 0 Å². The molecule has 0 unspecified atom stereocenters. The monoisotopic (exact) mass is 178 g/mol. The summed E-state index contributed by atoms with van der Waals surface area (Å²) in [6, 6.07) is 0. The van der Waals surface area contributed by atoms with Crippen LogP contribution in [0.5, 0.6) is 0 Å². The summed E-state index contributed by atoms with van der Waals surface area (Å²) in [5, 5.41) is 0. The van der Waals surface area contributed by atoms with E-state index in [0.29, 0.717) is 0 Å². The first kappa shape index (κ1) is 10.2. The zero-order valence-corrected chi connectivity index (χ0v) is 8.60. The van der Waals surface area contributed by atoms with Crippen LogP contribution >= 0.6 is 0 Å². The third-order valence-corrected chi connectivity index (χ3v) is 2.66. The Balaban J connectivity index is 2.96. The highest BCUT2D eigenvalue weighted by Gasteiger charge is 2.14. The van der Waals surface area contributed by atoms with Crippen molar-refractivity contribution in [3.63, 3.8) is 0 Å². The molecule has 13 heavy (non-hydrogen) atoms. The number of carbonyl (C=O) groups is 1. The van der Waals surface area contributed by atoms with E-state index in [4.69, 9.17) is 0 Å². The molecule has 1 rings (SSSR count). The molecule has 0 atom stereocenters. The van der Waals surface area contributed by atoms with Crippen LogP contribution in [0.1, 0.15) is 46.0 Å². The lowest BCUT2D eigenvalue weighted by molar-refractivity contribution is -0.105. The minimum Gasteiger partial charge on any atom is -0.298 e. The maximum absolute atomic E-state index is 10.8. The fourth-order valence-corrected chi connectivity index (χ4v) is 2.00.